The van der Waals surface area contributed by atoms with Gasteiger partial charge in [-0.05, 0) is 34.4 Å². The molecule has 2 N–H and O–H groups in total. The molecule has 0 amide bonds. The number of H-pyrrole nitrogens is 1. The first kappa shape index (κ1) is 25.6. The molecular formula is C28H28ClN7O2. The smallest absolute Gasteiger partial charge is 0.227 e. The largest absolute Gasteiger partial charge is 0.618 e. The maximum absolute atomic E-state index is 12.7. The number of nitrogens with zero attached hydrogens (tertiary/aromatic N) is 6. The molecule has 194 valence electrons. The molecule has 0 spiro atoms. The fourth-order valence-corrected chi connectivity index (χ4v) is 4.89. The number of aryl methyl sites for hydroxylation is 2. The summed E-state index contributed by atoms with van der Waals surface area (Å²) in [5.74, 6) is 1.31. The normalized spacial score (nSPS) is 12.1. The van der Waals surface area contributed by atoms with Crippen molar-refractivity contribution in [2.24, 2.45) is 0 Å². The van der Waals surface area contributed by atoms with Gasteiger partial charge in [0.2, 0.25) is 11.5 Å². The number of tetrazole rings is 1. The number of aromatic nitrogens is 7. The Morgan fingerprint density at radius 3 is 2.53 bits per heavy atom. The second-order valence-corrected chi connectivity index (χ2v) is 9.52. The zero-order chi connectivity index (χ0) is 26.6. The molecule has 5 rings (SSSR count). The van der Waals surface area contributed by atoms with E-state index in [2.05, 4.69) is 32.5 Å². The van der Waals surface area contributed by atoms with E-state index in [-0.39, 0.29) is 10.8 Å². The highest BCUT2D eigenvalue weighted by Crippen LogP contribution is 2.32. The summed E-state index contributed by atoms with van der Waals surface area (Å²) < 4.78 is 2.67. The summed E-state index contributed by atoms with van der Waals surface area (Å²) in [7, 11) is 0. The van der Waals surface area contributed by atoms with Crippen LogP contribution in [0, 0.1) is 12.1 Å². The van der Waals surface area contributed by atoms with Crippen LogP contribution in [0.4, 0.5) is 0 Å². The Balaban J connectivity index is 1.50. The quantitative estimate of drug-likeness (QED) is 0.209. The van der Waals surface area contributed by atoms with Crippen molar-refractivity contribution in [1.29, 1.82) is 0 Å². The number of hydrogen-bond donors (Lipinski definition) is 2. The highest BCUT2D eigenvalue weighted by Gasteiger charge is 2.29. The second kappa shape index (κ2) is 11.1. The number of rotatable bonds is 9. The lowest BCUT2D eigenvalue weighted by atomic mass is 9.98. The molecule has 9 nitrogen and oxygen atoms in total. The lowest BCUT2D eigenvalue weighted by Crippen LogP contribution is -2.37. The Bertz CT molecular complexity index is 1530. The summed E-state index contributed by atoms with van der Waals surface area (Å²) in [5.41, 5.74) is 5.01. The summed E-state index contributed by atoms with van der Waals surface area (Å²) in [5, 5.41) is 38.6. The van der Waals surface area contributed by atoms with Gasteiger partial charge in [-0.3, -0.25) is 0 Å². The zero-order valence-corrected chi connectivity index (χ0v) is 21.9. The molecule has 0 aliphatic carbocycles. The molecule has 0 aliphatic rings. The van der Waals surface area contributed by atoms with Gasteiger partial charge in [-0.2, -0.15) is 9.94 Å². The molecule has 38 heavy (non-hydrogen) atoms. The molecule has 0 saturated carbocycles. The van der Waals surface area contributed by atoms with Crippen LogP contribution < -0.4 is 4.73 Å². The van der Waals surface area contributed by atoms with Crippen molar-refractivity contribution in [1.82, 2.24) is 30.2 Å². The summed E-state index contributed by atoms with van der Waals surface area (Å²) in [4.78, 5) is 4.58. The Hall–Kier alpha value is -4.08. The molecule has 0 aliphatic heterocycles. The second-order valence-electron chi connectivity index (χ2n) is 9.16. The first-order chi connectivity index (χ1) is 18.5. The van der Waals surface area contributed by atoms with Crippen LogP contribution in [0.2, 0.25) is 5.15 Å². The van der Waals surface area contributed by atoms with Crippen molar-refractivity contribution in [2.45, 2.75) is 45.8 Å². The molecule has 3 heterocycles. The highest BCUT2D eigenvalue weighted by molar-refractivity contribution is 6.30. The highest BCUT2D eigenvalue weighted by atomic mass is 35.5. The van der Waals surface area contributed by atoms with Gasteiger partial charge in [0, 0.05) is 37.6 Å². The molecule has 0 saturated heterocycles. The number of aliphatic hydroxyl groups is 1. The van der Waals surface area contributed by atoms with Crippen LogP contribution in [-0.2, 0) is 13.0 Å². The summed E-state index contributed by atoms with van der Waals surface area (Å²) in [6.45, 7) is 4.26. The van der Waals surface area contributed by atoms with Gasteiger partial charge < -0.3 is 14.9 Å². The van der Waals surface area contributed by atoms with Crippen LogP contribution >= 0.6 is 11.6 Å². The number of halogens is 1. The van der Waals surface area contributed by atoms with E-state index in [1.165, 1.54) is 0 Å². The summed E-state index contributed by atoms with van der Waals surface area (Å²) in [6.07, 6.45) is 1.42. The number of pyridine rings is 1. The standard InChI is InChI=1S/C28H28ClN7O2/c1-3-4-12-24-30-27(29)25(26(37)23-11-7-8-18(2)36(23)38)35(24)17-19-13-15-20(16-14-19)21-9-5-6-10-22(21)28-31-33-34-32-28/h5-11,13-16,26,37H,3-4,12,17H2,1-2H3,(H,31,32,33,34). The van der Waals surface area contributed by atoms with Crippen molar-refractivity contribution in [2.75, 3.05) is 0 Å². The fraction of sp³-hybridized carbons (Fsp3) is 0.250. The number of benzene rings is 2. The van der Waals surface area contributed by atoms with Crippen molar-refractivity contribution < 1.29 is 9.84 Å². The minimum atomic E-state index is -1.22. The number of aromatic amines is 1. The van der Waals surface area contributed by atoms with Gasteiger partial charge >= 0.3 is 0 Å². The lowest BCUT2D eigenvalue weighted by Gasteiger charge is -2.17. The van der Waals surface area contributed by atoms with E-state index in [0.717, 1.165) is 45.7 Å². The zero-order valence-electron chi connectivity index (χ0n) is 21.2. The van der Waals surface area contributed by atoms with E-state index in [1.54, 1.807) is 25.1 Å². The average Bonchev–Trinajstić information content (AvgIpc) is 3.57. The van der Waals surface area contributed by atoms with Gasteiger partial charge in [0.1, 0.15) is 5.82 Å². The Morgan fingerprint density at radius 1 is 1.05 bits per heavy atom. The number of hydrogen-bond acceptors (Lipinski definition) is 6. The first-order valence-electron chi connectivity index (χ1n) is 12.5. The number of imidazole rings is 1. The van der Waals surface area contributed by atoms with Crippen molar-refractivity contribution >= 4 is 11.6 Å². The molecule has 1 atom stereocenters. The van der Waals surface area contributed by atoms with Crippen LogP contribution in [0.5, 0.6) is 0 Å². The molecule has 0 radical (unpaired) electrons. The average molecular weight is 530 g/mol. The third-order valence-electron chi connectivity index (χ3n) is 6.61. The predicted molar refractivity (Wildman–Crippen MR) is 144 cm³/mol. The van der Waals surface area contributed by atoms with Crippen LogP contribution in [0.25, 0.3) is 22.5 Å². The van der Waals surface area contributed by atoms with Crippen molar-refractivity contribution in [3.05, 3.63) is 106 Å². The van der Waals surface area contributed by atoms with Gasteiger partial charge in [0.05, 0.1) is 5.69 Å². The summed E-state index contributed by atoms with van der Waals surface area (Å²) >= 11 is 6.58. The molecule has 10 heteroatoms. The maximum atomic E-state index is 12.7. The monoisotopic (exact) mass is 529 g/mol. The number of unbranched alkanes of at least 4 members (excludes halogenated alkanes) is 1. The predicted octanol–water partition coefficient (Wildman–Crippen LogP) is 4.80. The van der Waals surface area contributed by atoms with Crippen LogP contribution in [-0.4, -0.2) is 35.3 Å². The van der Waals surface area contributed by atoms with Crippen molar-refractivity contribution in [3.8, 4) is 22.5 Å². The molecular weight excluding hydrogens is 502 g/mol. The molecule has 0 bridgehead atoms. The Labute approximate surface area is 225 Å². The number of nitrogens with one attached hydrogen (secondary N) is 1. The molecule has 1 unspecified atom stereocenters. The Kier molecular flexibility index (Phi) is 7.48. The van der Waals surface area contributed by atoms with E-state index in [1.807, 2.05) is 53.1 Å². The van der Waals surface area contributed by atoms with E-state index in [0.29, 0.717) is 30.2 Å². The minimum absolute atomic E-state index is 0.204. The van der Waals surface area contributed by atoms with Crippen LogP contribution in [0.1, 0.15) is 54.3 Å². The topological polar surface area (TPSA) is 119 Å². The third-order valence-corrected chi connectivity index (χ3v) is 6.89. The lowest BCUT2D eigenvalue weighted by molar-refractivity contribution is -0.624. The van der Waals surface area contributed by atoms with Gasteiger partial charge in [-0.15, -0.1) is 10.2 Å². The van der Waals surface area contributed by atoms with E-state index in [4.69, 9.17) is 11.6 Å². The van der Waals surface area contributed by atoms with Gasteiger partial charge in [-0.1, -0.05) is 73.5 Å². The van der Waals surface area contributed by atoms with E-state index < -0.39 is 6.10 Å². The Morgan fingerprint density at radius 2 is 1.82 bits per heavy atom. The van der Waals surface area contributed by atoms with Crippen LogP contribution in [0.15, 0.2) is 66.7 Å². The van der Waals surface area contributed by atoms with E-state index >= 15 is 0 Å². The fourth-order valence-electron chi connectivity index (χ4n) is 4.59. The summed E-state index contributed by atoms with van der Waals surface area (Å²) in [6, 6.07) is 21.1. The van der Waals surface area contributed by atoms with Crippen molar-refractivity contribution in [3.63, 3.8) is 0 Å². The van der Waals surface area contributed by atoms with E-state index in [9.17, 15) is 10.3 Å². The first-order valence-corrected chi connectivity index (χ1v) is 12.9. The molecule has 2 aromatic carbocycles. The van der Waals surface area contributed by atoms with Gasteiger partial charge in [-0.25, -0.2) is 4.98 Å². The molecule has 0 fully saturated rings. The van der Waals surface area contributed by atoms with Crippen LogP contribution in [0.3, 0.4) is 0 Å². The number of aliphatic hydroxyl groups excluding tert-OH is 1. The minimum Gasteiger partial charge on any atom is -0.618 e. The van der Waals surface area contributed by atoms with Gasteiger partial charge in [0.15, 0.2) is 17.0 Å². The molecule has 5 aromatic rings. The third kappa shape index (κ3) is 5.03. The van der Waals surface area contributed by atoms with Gasteiger partial charge in [0.25, 0.3) is 0 Å². The maximum Gasteiger partial charge on any atom is 0.227 e. The SMILES string of the molecule is CCCCc1nc(Cl)c(C(O)c2cccc(C)[n+]2[O-])n1Cc1ccc(-c2ccccc2-c2nn[nH]n2)cc1. The molecule has 3 aromatic heterocycles.